The zero-order valence-corrected chi connectivity index (χ0v) is 10.4. The van der Waals surface area contributed by atoms with Crippen LogP contribution in [-0.2, 0) is 6.54 Å². The average molecular weight is 222 g/mol. The lowest BCUT2D eigenvalue weighted by atomic mass is 10.3. The summed E-state index contributed by atoms with van der Waals surface area (Å²) in [5.74, 6) is 0. The van der Waals surface area contributed by atoms with Crippen molar-refractivity contribution in [2.45, 2.75) is 19.9 Å². The fourth-order valence-electron chi connectivity index (χ4n) is 2.12. The molecule has 0 radical (unpaired) electrons. The maximum absolute atomic E-state index is 4.30. The molecule has 1 saturated heterocycles. The SMILES string of the molecule is Cc1cnn(CCCN2CCN(C)CC2)c1. The Labute approximate surface area is 97.8 Å². The van der Waals surface area contributed by atoms with E-state index in [9.17, 15) is 0 Å². The third kappa shape index (κ3) is 3.32. The Morgan fingerprint density at radius 3 is 2.56 bits per heavy atom. The molecule has 1 aliphatic rings. The summed E-state index contributed by atoms with van der Waals surface area (Å²) in [5.41, 5.74) is 1.25. The predicted molar refractivity (Wildman–Crippen MR) is 65.5 cm³/mol. The monoisotopic (exact) mass is 222 g/mol. The summed E-state index contributed by atoms with van der Waals surface area (Å²) in [6.07, 6.45) is 5.24. The normalized spacial score (nSPS) is 19.1. The number of aryl methyl sites for hydroxylation is 2. The number of hydrogen-bond acceptors (Lipinski definition) is 3. The third-order valence-electron chi connectivity index (χ3n) is 3.22. The van der Waals surface area contributed by atoms with Crippen LogP contribution < -0.4 is 0 Å². The number of hydrogen-bond donors (Lipinski definition) is 0. The highest BCUT2D eigenvalue weighted by atomic mass is 15.3. The first-order chi connectivity index (χ1) is 7.74. The van der Waals surface area contributed by atoms with Crippen molar-refractivity contribution in [2.75, 3.05) is 39.8 Å². The number of rotatable bonds is 4. The lowest BCUT2D eigenvalue weighted by molar-refractivity contribution is 0.151. The Kier molecular flexibility index (Phi) is 3.96. The zero-order valence-electron chi connectivity index (χ0n) is 10.4. The zero-order chi connectivity index (χ0) is 11.4. The molecule has 1 aliphatic heterocycles. The summed E-state index contributed by atoms with van der Waals surface area (Å²) in [5, 5.41) is 4.30. The van der Waals surface area contributed by atoms with Crippen LogP contribution in [0.15, 0.2) is 12.4 Å². The van der Waals surface area contributed by atoms with Gasteiger partial charge in [0.2, 0.25) is 0 Å². The van der Waals surface area contributed by atoms with E-state index in [-0.39, 0.29) is 0 Å². The molecule has 0 saturated carbocycles. The first-order valence-electron chi connectivity index (χ1n) is 6.14. The highest BCUT2D eigenvalue weighted by molar-refractivity contribution is 4.99. The summed E-state index contributed by atoms with van der Waals surface area (Å²) in [6, 6.07) is 0. The number of piperazine rings is 1. The minimum atomic E-state index is 1.04. The van der Waals surface area contributed by atoms with Crippen molar-refractivity contribution >= 4 is 0 Å². The van der Waals surface area contributed by atoms with E-state index in [4.69, 9.17) is 0 Å². The van der Waals surface area contributed by atoms with E-state index in [1.807, 2.05) is 10.9 Å². The minimum Gasteiger partial charge on any atom is -0.304 e. The van der Waals surface area contributed by atoms with E-state index in [0.29, 0.717) is 0 Å². The Bertz CT molecular complexity index is 313. The van der Waals surface area contributed by atoms with E-state index in [1.54, 1.807) is 0 Å². The molecular formula is C12H22N4. The molecule has 1 aromatic heterocycles. The second kappa shape index (κ2) is 5.46. The lowest BCUT2D eigenvalue weighted by Crippen LogP contribution is -2.44. The fraction of sp³-hybridized carbons (Fsp3) is 0.750. The van der Waals surface area contributed by atoms with Crippen molar-refractivity contribution in [1.29, 1.82) is 0 Å². The van der Waals surface area contributed by atoms with Crippen molar-refractivity contribution in [3.05, 3.63) is 18.0 Å². The largest absolute Gasteiger partial charge is 0.304 e. The van der Waals surface area contributed by atoms with Gasteiger partial charge in [0.15, 0.2) is 0 Å². The van der Waals surface area contributed by atoms with Gasteiger partial charge >= 0.3 is 0 Å². The van der Waals surface area contributed by atoms with Gasteiger partial charge in [0.25, 0.3) is 0 Å². The van der Waals surface area contributed by atoms with Crippen LogP contribution in [0.2, 0.25) is 0 Å². The second-order valence-corrected chi connectivity index (χ2v) is 4.78. The van der Waals surface area contributed by atoms with Gasteiger partial charge in [0.1, 0.15) is 0 Å². The van der Waals surface area contributed by atoms with Crippen molar-refractivity contribution < 1.29 is 0 Å². The molecule has 0 N–H and O–H groups in total. The van der Waals surface area contributed by atoms with E-state index in [1.165, 1.54) is 44.7 Å². The topological polar surface area (TPSA) is 24.3 Å². The van der Waals surface area contributed by atoms with Crippen molar-refractivity contribution in [2.24, 2.45) is 0 Å². The fourth-order valence-corrected chi connectivity index (χ4v) is 2.12. The molecule has 0 atom stereocenters. The van der Waals surface area contributed by atoms with Gasteiger partial charge in [-0.3, -0.25) is 4.68 Å². The Morgan fingerprint density at radius 1 is 1.19 bits per heavy atom. The van der Waals surface area contributed by atoms with Crippen LogP contribution in [0.3, 0.4) is 0 Å². The quantitative estimate of drug-likeness (QED) is 0.754. The molecule has 0 amide bonds. The molecule has 16 heavy (non-hydrogen) atoms. The van der Waals surface area contributed by atoms with Gasteiger partial charge in [-0.1, -0.05) is 0 Å². The molecule has 90 valence electrons. The van der Waals surface area contributed by atoms with Crippen LogP contribution in [0.4, 0.5) is 0 Å². The summed E-state index contributed by atoms with van der Waals surface area (Å²) in [6.45, 7) is 9.18. The smallest absolute Gasteiger partial charge is 0.0518 e. The Hall–Kier alpha value is -0.870. The summed E-state index contributed by atoms with van der Waals surface area (Å²) >= 11 is 0. The molecule has 2 rings (SSSR count). The molecular weight excluding hydrogens is 200 g/mol. The van der Waals surface area contributed by atoms with Gasteiger partial charge in [0, 0.05) is 38.9 Å². The van der Waals surface area contributed by atoms with Gasteiger partial charge in [-0.05, 0) is 32.5 Å². The molecule has 0 bridgehead atoms. The van der Waals surface area contributed by atoms with Gasteiger partial charge in [-0.25, -0.2) is 0 Å². The number of aromatic nitrogens is 2. The van der Waals surface area contributed by atoms with Crippen LogP contribution in [0, 0.1) is 6.92 Å². The molecule has 1 aromatic rings. The van der Waals surface area contributed by atoms with E-state index < -0.39 is 0 Å². The van der Waals surface area contributed by atoms with Crippen LogP contribution in [0.5, 0.6) is 0 Å². The van der Waals surface area contributed by atoms with Crippen LogP contribution >= 0.6 is 0 Å². The van der Waals surface area contributed by atoms with Gasteiger partial charge < -0.3 is 9.80 Å². The van der Waals surface area contributed by atoms with Crippen LogP contribution in [0.25, 0.3) is 0 Å². The molecule has 0 aromatic carbocycles. The molecule has 2 heterocycles. The van der Waals surface area contributed by atoms with E-state index in [0.717, 1.165) is 6.54 Å². The lowest BCUT2D eigenvalue weighted by Gasteiger charge is -2.32. The average Bonchev–Trinajstić information content (AvgIpc) is 2.67. The van der Waals surface area contributed by atoms with Gasteiger partial charge in [-0.15, -0.1) is 0 Å². The maximum Gasteiger partial charge on any atom is 0.0518 e. The summed E-state index contributed by atoms with van der Waals surface area (Å²) in [7, 11) is 2.20. The van der Waals surface area contributed by atoms with E-state index >= 15 is 0 Å². The summed E-state index contributed by atoms with van der Waals surface area (Å²) in [4.78, 5) is 4.95. The Balaban J connectivity index is 1.64. The number of nitrogens with zero attached hydrogens (tertiary/aromatic N) is 4. The third-order valence-corrected chi connectivity index (χ3v) is 3.22. The van der Waals surface area contributed by atoms with E-state index in [2.05, 4.69) is 35.1 Å². The first kappa shape index (κ1) is 11.6. The Morgan fingerprint density at radius 2 is 1.94 bits per heavy atom. The van der Waals surface area contributed by atoms with Crippen LogP contribution in [-0.4, -0.2) is 59.4 Å². The predicted octanol–water partition coefficient (Wildman–Crippen LogP) is 0.829. The van der Waals surface area contributed by atoms with Crippen molar-refractivity contribution in [1.82, 2.24) is 19.6 Å². The summed E-state index contributed by atoms with van der Waals surface area (Å²) < 4.78 is 2.05. The standard InChI is InChI=1S/C12H22N4/c1-12-10-13-16(11-12)5-3-4-15-8-6-14(2)7-9-15/h10-11H,3-9H2,1-2H3. The van der Waals surface area contributed by atoms with Crippen molar-refractivity contribution in [3.8, 4) is 0 Å². The molecule has 4 heteroatoms. The van der Waals surface area contributed by atoms with Crippen molar-refractivity contribution in [3.63, 3.8) is 0 Å². The highest BCUT2D eigenvalue weighted by Gasteiger charge is 2.12. The van der Waals surface area contributed by atoms with Crippen LogP contribution in [0.1, 0.15) is 12.0 Å². The van der Waals surface area contributed by atoms with Gasteiger partial charge in [-0.2, -0.15) is 5.10 Å². The highest BCUT2D eigenvalue weighted by Crippen LogP contribution is 2.01. The molecule has 1 fully saturated rings. The first-order valence-corrected chi connectivity index (χ1v) is 6.14. The molecule has 0 aliphatic carbocycles. The molecule has 4 nitrogen and oxygen atoms in total. The molecule has 0 spiro atoms. The second-order valence-electron chi connectivity index (χ2n) is 4.78. The minimum absolute atomic E-state index is 1.04. The van der Waals surface area contributed by atoms with Gasteiger partial charge in [0.05, 0.1) is 6.20 Å². The molecule has 0 unspecified atom stereocenters. The number of likely N-dealkylation sites (N-methyl/N-ethyl adjacent to an activating group) is 1. The maximum atomic E-state index is 4.30.